The van der Waals surface area contributed by atoms with E-state index in [0.29, 0.717) is 12.1 Å². The molecule has 0 aliphatic carbocycles. The van der Waals surface area contributed by atoms with Gasteiger partial charge in [0.1, 0.15) is 0 Å². The van der Waals surface area contributed by atoms with Crippen molar-refractivity contribution in [3.05, 3.63) is 51.5 Å². The van der Waals surface area contributed by atoms with E-state index in [1.54, 1.807) is 0 Å². The smallest absolute Gasteiger partial charge is 0.0308 e. The lowest BCUT2D eigenvalue weighted by Crippen LogP contribution is -2.22. The molecule has 2 aromatic rings. The Morgan fingerprint density at radius 2 is 1.78 bits per heavy atom. The van der Waals surface area contributed by atoms with Crippen molar-refractivity contribution < 1.29 is 0 Å². The van der Waals surface area contributed by atoms with E-state index in [1.807, 2.05) is 23.7 Å². The second-order valence-electron chi connectivity index (χ2n) is 4.76. The molecule has 2 nitrogen and oxygen atoms in total. The van der Waals surface area contributed by atoms with Gasteiger partial charge < -0.3 is 5.32 Å². The van der Waals surface area contributed by atoms with E-state index in [1.165, 1.54) is 20.9 Å². The van der Waals surface area contributed by atoms with E-state index < -0.39 is 0 Å². The van der Waals surface area contributed by atoms with Gasteiger partial charge >= 0.3 is 0 Å². The van der Waals surface area contributed by atoms with Gasteiger partial charge in [-0.15, -0.1) is 11.3 Å². The summed E-state index contributed by atoms with van der Waals surface area (Å²) in [5, 5.41) is 3.65. The van der Waals surface area contributed by atoms with Crippen LogP contribution in [0.15, 0.2) is 30.6 Å². The van der Waals surface area contributed by atoms with Crippen molar-refractivity contribution in [2.45, 2.75) is 39.8 Å². The molecule has 1 unspecified atom stereocenters. The summed E-state index contributed by atoms with van der Waals surface area (Å²) in [6.45, 7) is 8.79. The molecule has 0 saturated carbocycles. The van der Waals surface area contributed by atoms with Crippen molar-refractivity contribution >= 4 is 11.3 Å². The van der Waals surface area contributed by atoms with Crippen LogP contribution in [-0.2, 0) is 0 Å². The van der Waals surface area contributed by atoms with Gasteiger partial charge in [0.05, 0.1) is 0 Å². The number of hydrogen-bond donors (Lipinski definition) is 1. The van der Waals surface area contributed by atoms with Crippen LogP contribution in [0.4, 0.5) is 0 Å². The van der Waals surface area contributed by atoms with Crippen LogP contribution in [0, 0.1) is 13.8 Å². The molecule has 96 valence electrons. The first-order valence-corrected chi connectivity index (χ1v) is 7.12. The summed E-state index contributed by atoms with van der Waals surface area (Å²) in [4.78, 5) is 6.85. The molecule has 0 amide bonds. The molecule has 0 bridgehead atoms. The van der Waals surface area contributed by atoms with Crippen molar-refractivity contribution in [3.8, 4) is 0 Å². The van der Waals surface area contributed by atoms with Crippen molar-refractivity contribution in [2.24, 2.45) is 0 Å². The summed E-state index contributed by atoms with van der Waals surface area (Å²) in [7, 11) is 0. The van der Waals surface area contributed by atoms with E-state index in [4.69, 9.17) is 0 Å². The topological polar surface area (TPSA) is 24.9 Å². The van der Waals surface area contributed by atoms with E-state index in [2.05, 4.69) is 56.2 Å². The SMILES string of the molecule is Cc1cc(C(C)N[C@H](C)c2ccncc2)c(C)s1. The molecule has 1 N–H and O–H groups in total. The summed E-state index contributed by atoms with van der Waals surface area (Å²) in [6, 6.07) is 7.13. The summed E-state index contributed by atoms with van der Waals surface area (Å²) in [5.41, 5.74) is 2.69. The highest BCUT2D eigenvalue weighted by Gasteiger charge is 2.14. The van der Waals surface area contributed by atoms with Gasteiger partial charge in [0.2, 0.25) is 0 Å². The van der Waals surface area contributed by atoms with Gasteiger partial charge in [0, 0.05) is 34.2 Å². The predicted octanol–water partition coefficient (Wildman–Crippen LogP) is 4.17. The Balaban J connectivity index is 2.08. The number of nitrogens with zero attached hydrogens (tertiary/aromatic N) is 1. The molecule has 0 fully saturated rings. The summed E-state index contributed by atoms with van der Waals surface area (Å²) in [6.07, 6.45) is 3.69. The number of thiophene rings is 1. The van der Waals surface area contributed by atoms with Crippen LogP contribution in [0.2, 0.25) is 0 Å². The monoisotopic (exact) mass is 260 g/mol. The first-order valence-electron chi connectivity index (χ1n) is 6.31. The van der Waals surface area contributed by atoms with Crippen LogP contribution in [0.3, 0.4) is 0 Å². The molecule has 3 heteroatoms. The molecular weight excluding hydrogens is 240 g/mol. The normalized spacial score (nSPS) is 14.4. The molecule has 0 spiro atoms. The highest BCUT2D eigenvalue weighted by atomic mass is 32.1. The summed E-state index contributed by atoms with van der Waals surface area (Å²) >= 11 is 1.87. The van der Waals surface area contributed by atoms with E-state index in [0.717, 1.165) is 0 Å². The summed E-state index contributed by atoms with van der Waals surface area (Å²) < 4.78 is 0. The highest BCUT2D eigenvalue weighted by Crippen LogP contribution is 2.27. The van der Waals surface area contributed by atoms with Gasteiger partial charge in [-0.1, -0.05) is 0 Å². The van der Waals surface area contributed by atoms with Gasteiger partial charge in [-0.05, 0) is 57.0 Å². The lowest BCUT2D eigenvalue weighted by Gasteiger charge is -2.20. The number of pyridine rings is 1. The van der Waals surface area contributed by atoms with Gasteiger partial charge in [0.15, 0.2) is 0 Å². The van der Waals surface area contributed by atoms with E-state index in [-0.39, 0.29) is 0 Å². The minimum Gasteiger partial charge on any atom is -0.304 e. The average Bonchev–Trinajstić information content (AvgIpc) is 2.69. The van der Waals surface area contributed by atoms with Crippen molar-refractivity contribution in [1.29, 1.82) is 0 Å². The largest absolute Gasteiger partial charge is 0.304 e. The zero-order valence-corrected chi connectivity index (χ0v) is 12.2. The fourth-order valence-corrected chi connectivity index (χ4v) is 3.32. The molecule has 0 saturated heterocycles. The Labute approximate surface area is 113 Å². The van der Waals surface area contributed by atoms with Crippen LogP contribution >= 0.6 is 11.3 Å². The third kappa shape index (κ3) is 2.98. The molecule has 2 atom stereocenters. The van der Waals surface area contributed by atoms with Crippen molar-refractivity contribution in [2.75, 3.05) is 0 Å². The Morgan fingerprint density at radius 1 is 1.11 bits per heavy atom. The van der Waals surface area contributed by atoms with Gasteiger partial charge in [-0.3, -0.25) is 4.98 Å². The van der Waals surface area contributed by atoms with Crippen LogP contribution in [0.25, 0.3) is 0 Å². The molecule has 2 aromatic heterocycles. The Hall–Kier alpha value is -1.19. The zero-order chi connectivity index (χ0) is 13.1. The molecule has 0 radical (unpaired) electrons. The van der Waals surface area contributed by atoms with Crippen LogP contribution in [-0.4, -0.2) is 4.98 Å². The maximum atomic E-state index is 4.06. The number of nitrogens with one attached hydrogen (secondary N) is 1. The zero-order valence-electron chi connectivity index (χ0n) is 11.4. The number of aromatic nitrogens is 1. The van der Waals surface area contributed by atoms with Crippen LogP contribution in [0.1, 0.15) is 46.8 Å². The molecule has 0 aliphatic rings. The number of hydrogen-bond acceptors (Lipinski definition) is 3. The molecule has 0 aliphatic heterocycles. The lowest BCUT2D eigenvalue weighted by molar-refractivity contribution is 0.494. The average molecular weight is 260 g/mol. The predicted molar refractivity (Wildman–Crippen MR) is 78.0 cm³/mol. The maximum Gasteiger partial charge on any atom is 0.0308 e. The van der Waals surface area contributed by atoms with Crippen LogP contribution in [0.5, 0.6) is 0 Å². The maximum absolute atomic E-state index is 4.06. The van der Waals surface area contributed by atoms with E-state index >= 15 is 0 Å². The molecule has 2 rings (SSSR count). The van der Waals surface area contributed by atoms with Gasteiger partial charge in [-0.2, -0.15) is 0 Å². The Kier molecular flexibility index (Phi) is 4.15. The first-order chi connectivity index (χ1) is 8.58. The second kappa shape index (κ2) is 5.63. The van der Waals surface area contributed by atoms with Gasteiger partial charge in [-0.25, -0.2) is 0 Å². The molecule has 0 aromatic carbocycles. The van der Waals surface area contributed by atoms with Crippen LogP contribution < -0.4 is 5.32 Å². The van der Waals surface area contributed by atoms with Crippen molar-refractivity contribution in [3.63, 3.8) is 0 Å². The van der Waals surface area contributed by atoms with Gasteiger partial charge in [0.25, 0.3) is 0 Å². The lowest BCUT2D eigenvalue weighted by atomic mass is 10.1. The Morgan fingerprint density at radius 3 is 2.33 bits per heavy atom. The highest BCUT2D eigenvalue weighted by molar-refractivity contribution is 7.12. The molecular formula is C15H20N2S. The third-order valence-electron chi connectivity index (χ3n) is 3.25. The number of rotatable bonds is 4. The minimum atomic E-state index is 0.336. The fourth-order valence-electron chi connectivity index (χ4n) is 2.29. The summed E-state index contributed by atoms with van der Waals surface area (Å²) in [5.74, 6) is 0. The quantitative estimate of drug-likeness (QED) is 0.892. The second-order valence-corrected chi connectivity index (χ2v) is 6.22. The third-order valence-corrected chi connectivity index (χ3v) is 4.23. The molecule has 2 heterocycles. The molecule has 18 heavy (non-hydrogen) atoms. The number of aryl methyl sites for hydroxylation is 2. The van der Waals surface area contributed by atoms with E-state index in [9.17, 15) is 0 Å². The standard InChI is InChI=1S/C15H20N2S/c1-10-9-15(13(4)18-10)12(3)17-11(2)14-5-7-16-8-6-14/h5-9,11-12,17H,1-4H3/t11-,12?/m1/s1. The fraction of sp³-hybridized carbons (Fsp3) is 0.400. The minimum absolute atomic E-state index is 0.336. The Bertz CT molecular complexity index is 504. The first kappa shape index (κ1) is 13.2. The van der Waals surface area contributed by atoms with Crippen molar-refractivity contribution in [1.82, 2.24) is 10.3 Å².